The number of rotatable bonds is 10. The largest absolute Gasteiger partial charge is 2.00 e. The maximum absolute atomic E-state index is 2.64. The summed E-state index contributed by atoms with van der Waals surface area (Å²) in [5.41, 5.74) is 6.04. The maximum atomic E-state index is 2.64. The fourth-order valence-corrected chi connectivity index (χ4v) is 9.43. The molecule has 50 heavy (non-hydrogen) atoms. The molecule has 0 aliphatic heterocycles. The molecule has 0 radical (unpaired) electrons. The van der Waals surface area contributed by atoms with Crippen molar-refractivity contribution in [1.82, 2.24) is 4.57 Å². The second-order valence-electron chi connectivity index (χ2n) is 15.0. The number of fused-ring (bicyclic) bond motifs is 3. The molecule has 288 valence electrons. The Morgan fingerprint density at radius 3 is 1.20 bits per heavy atom. The van der Waals surface area contributed by atoms with Crippen molar-refractivity contribution < 1.29 is 34.1 Å². The molecule has 2 aromatic carbocycles. The van der Waals surface area contributed by atoms with Crippen LogP contribution in [0.2, 0.25) is 0 Å². The van der Waals surface area contributed by atoms with Gasteiger partial charge in [0.1, 0.15) is 0 Å². The van der Waals surface area contributed by atoms with Crippen molar-refractivity contribution in [2.45, 2.75) is 173 Å². The average molecular weight is 882 g/mol. The standard InChI is InChI=1S/C32H44IN.2C5H10.4CH3.2Fe/c1-23(25-11-5-6-12-25)27-15-17-31-29(21-27)30-22-28(24(2)26-13-7-8-14-26)16-18-32(30)34(31)20-10-4-3-9-19-33;2*1-2-4-5-3-1;;;;;;/h15-18,21-26H,3-14,19-20H2,1-2H3;2*1-5H2;4*1H3;;/q;;;4*-1;2*+2. The summed E-state index contributed by atoms with van der Waals surface area (Å²) in [7, 11) is 0. The Bertz CT molecular complexity index is 1140. The van der Waals surface area contributed by atoms with Crippen LogP contribution in [0.25, 0.3) is 21.8 Å². The van der Waals surface area contributed by atoms with Gasteiger partial charge in [-0.1, -0.05) is 151 Å². The van der Waals surface area contributed by atoms with E-state index in [0.717, 1.165) is 18.4 Å². The minimum absolute atomic E-state index is 0. The third-order valence-electron chi connectivity index (χ3n) is 11.9. The van der Waals surface area contributed by atoms with Gasteiger partial charge in [0.15, 0.2) is 0 Å². The van der Waals surface area contributed by atoms with Crippen molar-refractivity contribution in [2.75, 3.05) is 4.43 Å². The first kappa shape index (κ1) is 52.1. The third kappa shape index (κ3) is 14.7. The Morgan fingerprint density at radius 1 is 0.520 bits per heavy atom. The first-order valence-corrected chi connectivity index (χ1v) is 20.8. The van der Waals surface area contributed by atoms with Crippen LogP contribution in [0.4, 0.5) is 0 Å². The Kier molecular flexibility index (Phi) is 29.7. The summed E-state index contributed by atoms with van der Waals surface area (Å²) in [5, 5.41) is 3.01. The van der Waals surface area contributed by atoms with Gasteiger partial charge in [0.2, 0.25) is 0 Å². The molecule has 0 spiro atoms. The topological polar surface area (TPSA) is 4.93 Å². The predicted octanol–water partition coefficient (Wildman–Crippen LogP) is 16.1. The second-order valence-corrected chi connectivity index (χ2v) is 16.1. The van der Waals surface area contributed by atoms with E-state index in [9.17, 15) is 0 Å². The smallest absolute Gasteiger partial charge is 0.358 e. The molecule has 2 atom stereocenters. The van der Waals surface area contributed by atoms with Gasteiger partial charge in [-0.25, -0.2) is 0 Å². The van der Waals surface area contributed by atoms with E-state index in [2.05, 4.69) is 77.4 Å². The molecule has 1 heterocycles. The quantitative estimate of drug-likeness (QED) is 0.0629. The summed E-state index contributed by atoms with van der Waals surface area (Å²) in [5.74, 6) is 3.11. The number of nitrogens with zero attached hydrogens (tertiary/aromatic N) is 1. The van der Waals surface area contributed by atoms with E-state index < -0.39 is 0 Å². The minimum atomic E-state index is 0. The van der Waals surface area contributed by atoms with E-state index in [1.54, 1.807) is 11.1 Å². The molecule has 7 rings (SSSR count). The van der Waals surface area contributed by atoms with Crippen molar-refractivity contribution >= 4 is 44.4 Å². The minimum Gasteiger partial charge on any atom is -0.358 e. The van der Waals surface area contributed by atoms with Crippen LogP contribution < -0.4 is 0 Å². The SMILES string of the molecule is C1CCCC1.C1CCCC1.CC(c1ccc2c(c1)c1cc(C(C)C3CCCC3)ccc1n2CCCCCCI)C1CCCC1.[CH3-].[CH3-].[CH3-].[CH3-].[Fe+2].[Fe+2]. The number of halogens is 1. The normalized spacial score (nSPS) is 18.1. The zero-order valence-corrected chi connectivity index (χ0v) is 37.6. The van der Waals surface area contributed by atoms with Crippen LogP contribution in [0.3, 0.4) is 0 Å². The average Bonchev–Trinajstić information content (AvgIpc) is 3.90. The number of hydrogen-bond acceptors (Lipinski definition) is 0. The fourth-order valence-electron chi connectivity index (χ4n) is 8.89. The Morgan fingerprint density at radius 2 is 0.860 bits per heavy atom. The van der Waals surface area contributed by atoms with Gasteiger partial charge in [-0.3, -0.25) is 0 Å². The van der Waals surface area contributed by atoms with Gasteiger partial charge in [0, 0.05) is 28.4 Å². The molecule has 0 N–H and O–H groups in total. The van der Waals surface area contributed by atoms with E-state index in [0.29, 0.717) is 11.8 Å². The molecule has 3 aromatic rings. The van der Waals surface area contributed by atoms with E-state index >= 15 is 0 Å². The van der Waals surface area contributed by atoms with Crippen LogP contribution >= 0.6 is 22.6 Å². The molecule has 0 bridgehead atoms. The molecule has 4 aliphatic rings. The van der Waals surface area contributed by atoms with Crippen molar-refractivity contribution in [2.24, 2.45) is 11.8 Å². The molecule has 2 unspecified atom stereocenters. The van der Waals surface area contributed by atoms with Crippen LogP contribution in [0.15, 0.2) is 36.4 Å². The summed E-state index contributed by atoms with van der Waals surface area (Å²) in [6.45, 7) is 6.12. The molecule has 4 heteroatoms. The predicted molar refractivity (Wildman–Crippen MR) is 229 cm³/mol. The van der Waals surface area contributed by atoms with Crippen LogP contribution in [-0.2, 0) is 40.7 Å². The van der Waals surface area contributed by atoms with Crippen molar-refractivity contribution in [3.63, 3.8) is 0 Å². The second kappa shape index (κ2) is 28.5. The molecule has 0 amide bonds. The molecule has 4 aliphatic carbocycles. The van der Waals surface area contributed by atoms with Gasteiger partial charge in [-0.15, -0.1) is 0 Å². The molecule has 1 nitrogen and oxygen atoms in total. The number of alkyl halides is 1. The summed E-state index contributed by atoms with van der Waals surface area (Å²) < 4.78 is 3.93. The molecule has 4 saturated carbocycles. The summed E-state index contributed by atoms with van der Waals surface area (Å²) in [6, 6.07) is 15.0. The van der Waals surface area contributed by atoms with Gasteiger partial charge >= 0.3 is 34.1 Å². The number of aryl methyl sites for hydroxylation is 1. The van der Waals surface area contributed by atoms with Crippen LogP contribution in [0.5, 0.6) is 0 Å². The van der Waals surface area contributed by atoms with E-state index in [1.807, 2.05) is 0 Å². The zero-order chi connectivity index (χ0) is 30.6. The van der Waals surface area contributed by atoms with Crippen LogP contribution in [0, 0.1) is 41.5 Å². The van der Waals surface area contributed by atoms with Gasteiger partial charge in [-0.05, 0) is 102 Å². The van der Waals surface area contributed by atoms with Gasteiger partial charge < -0.3 is 34.3 Å². The number of benzene rings is 2. The van der Waals surface area contributed by atoms with E-state index in [4.69, 9.17) is 0 Å². The molecule has 0 saturated heterocycles. The first-order chi connectivity index (χ1) is 21.7. The third-order valence-corrected chi connectivity index (χ3v) is 12.7. The Hall–Kier alpha value is 0.00896. The van der Waals surface area contributed by atoms with Crippen molar-refractivity contribution in [3.8, 4) is 0 Å². The number of aromatic nitrogens is 1. The van der Waals surface area contributed by atoms with Gasteiger partial charge in [-0.2, -0.15) is 0 Å². The molecular formula is C46H76Fe2IN. The summed E-state index contributed by atoms with van der Waals surface area (Å²) >= 11 is 2.51. The molecular weight excluding hydrogens is 805 g/mol. The molecule has 1 aromatic heterocycles. The summed E-state index contributed by atoms with van der Waals surface area (Å²) in [6.07, 6.45) is 31.7. The van der Waals surface area contributed by atoms with E-state index in [1.165, 1.54) is 167 Å². The Labute approximate surface area is 347 Å². The fraction of sp³-hybridized carbons (Fsp3) is 0.652. The first-order valence-electron chi connectivity index (χ1n) is 19.3. The molecule has 4 fully saturated rings. The van der Waals surface area contributed by atoms with Crippen molar-refractivity contribution in [3.05, 3.63) is 77.2 Å². The van der Waals surface area contributed by atoms with Gasteiger partial charge in [0.05, 0.1) is 0 Å². The zero-order valence-electron chi connectivity index (χ0n) is 33.3. The Balaban J connectivity index is 0. The number of unbranched alkanes of at least 4 members (excludes halogenated alkanes) is 3. The maximum Gasteiger partial charge on any atom is 2.00 e. The van der Waals surface area contributed by atoms with Crippen LogP contribution in [0.1, 0.15) is 178 Å². The van der Waals surface area contributed by atoms with Crippen LogP contribution in [-0.4, -0.2) is 8.99 Å². The number of hydrogen-bond donors (Lipinski definition) is 0. The summed E-state index contributed by atoms with van der Waals surface area (Å²) in [4.78, 5) is 0. The van der Waals surface area contributed by atoms with Gasteiger partial charge in [0.25, 0.3) is 0 Å². The van der Waals surface area contributed by atoms with E-state index in [-0.39, 0.29) is 63.8 Å². The van der Waals surface area contributed by atoms with Crippen molar-refractivity contribution in [1.29, 1.82) is 0 Å². The monoisotopic (exact) mass is 881 g/mol.